The molecule has 0 aromatic carbocycles. The number of ether oxygens (including phenoxy) is 1. The fraction of sp³-hybridized carbons (Fsp3) is 0.714. The van der Waals surface area contributed by atoms with Crippen LogP contribution >= 0.6 is 0 Å². The Labute approximate surface area is 130 Å². The Morgan fingerprint density at radius 3 is 2.73 bits per heavy atom. The molecular formula is C14H23N3O4S. The lowest BCUT2D eigenvalue weighted by atomic mass is 9.95. The van der Waals surface area contributed by atoms with Gasteiger partial charge in [-0.15, -0.1) is 0 Å². The average molecular weight is 329 g/mol. The number of carbonyl (C=O) groups excluding carboxylic acids is 1. The molecule has 0 unspecified atom stereocenters. The topological polar surface area (TPSA) is 92.4 Å². The zero-order valence-electron chi connectivity index (χ0n) is 13.4. The summed E-state index contributed by atoms with van der Waals surface area (Å²) in [5, 5.41) is 6.64. The van der Waals surface area contributed by atoms with Crippen LogP contribution in [-0.4, -0.2) is 54.6 Å². The lowest BCUT2D eigenvalue weighted by Gasteiger charge is -2.34. The third kappa shape index (κ3) is 4.00. The van der Waals surface area contributed by atoms with Crippen molar-refractivity contribution in [3.05, 3.63) is 11.9 Å². The van der Waals surface area contributed by atoms with E-state index in [9.17, 15) is 13.2 Å². The largest absolute Gasteiger partial charge is 0.444 e. The molecule has 2 heterocycles. The van der Waals surface area contributed by atoms with Gasteiger partial charge in [0.25, 0.3) is 0 Å². The summed E-state index contributed by atoms with van der Waals surface area (Å²) in [6.45, 7) is 6.52. The molecule has 1 aromatic rings. The van der Waals surface area contributed by atoms with E-state index in [0.29, 0.717) is 18.8 Å². The van der Waals surface area contributed by atoms with E-state index in [1.54, 1.807) is 4.90 Å². The van der Waals surface area contributed by atoms with Crippen molar-refractivity contribution in [3.63, 3.8) is 0 Å². The van der Waals surface area contributed by atoms with Gasteiger partial charge in [-0.1, -0.05) is 0 Å². The van der Waals surface area contributed by atoms with E-state index in [0.717, 1.165) is 19.1 Å². The number of aromatic nitrogens is 2. The number of piperidine rings is 1. The summed E-state index contributed by atoms with van der Waals surface area (Å²) in [4.78, 5) is 14.0. The number of hydrogen-bond acceptors (Lipinski definition) is 5. The normalized spacial score (nSPS) is 20.0. The van der Waals surface area contributed by atoms with Gasteiger partial charge in [-0.05, 0) is 33.6 Å². The van der Waals surface area contributed by atoms with Crippen molar-refractivity contribution in [1.82, 2.24) is 15.1 Å². The van der Waals surface area contributed by atoms with E-state index < -0.39 is 15.4 Å². The second-order valence-electron chi connectivity index (χ2n) is 6.69. The molecule has 1 saturated heterocycles. The first-order chi connectivity index (χ1) is 10.1. The molecule has 1 aliphatic heterocycles. The van der Waals surface area contributed by atoms with Crippen molar-refractivity contribution in [2.24, 2.45) is 0 Å². The third-order valence-corrected chi connectivity index (χ3v) is 4.64. The minimum Gasteiger partial charge on any atom is -0.444 e. The third-order valence-electron chi connectivity index (χ3n) is 3.51. The number of amides is 1. The molecule has 124 valence electrons. The van der Waals surface area contributed by atoms with E-state index in [4.69, 9.17) is 4.74 Å². The first-order valence-corrected chi connectivity index (χ1v) is 9.18. The number of nitrogens with zero attached hydrogens (tertiary/aromatic N) is 2. The lowest BCUT2D eigenvalue weighted by molar-refractivity contribution is 0.0196. The van der Waals surface area contributed by atoms with Crippen molar-refractivity contribution >= 4 is 15.9 Å². The van der Waals surface area contributed by atoms with E-state index in [-0.39, 0.29) is 16.9 Å². The van der Waals surface area contributed by atoms with Gasteiger partial charge < -0.3 is 9.64 Å². The monoisotopic (exact) mass is 329 g/mol. The number of hydrogen-bond donors (Lipinski definition) is 1. The molecular weight excluding hydrogens is 306 g/mol. The van der Waals surface area contributed by atoms with Gasteiger partial charge in [0.15, 0.2) is 9.84 Å². The Balaban J connectivity index is 2.15. The van der Waals surface area contributed by atoms with Crippen LogP contribution in [0.5, 0.6) is 0 Å². The molecule has 0 spiro atoms. The number of aromatic amines is 1. The Kier molecular flexibility index (Phi) is 4.51. The zero-order chi connectivity index (χ0) is 16.5. The fourth-order valence-electron chi connectivity index (χ4n) is 2.58. The predicted molar refractivity (Wildman–Crippen MR) is 81.5 cm³/mol. The number of H-pyrrole nitrogens is 1. The fourth-order valence-corrected chi connectivity index (χ4v) is 3.43. The van der Waals surface area contributed by atoms with E-state index in [1.807, 2.05) is 20.8 Å². The van der Waals surface area contributed by atoms with Crippen molar-refractivity contribution < 1.29 is 17.9 Å². The SMILES string of the molecule is CC(C)(C)OC(=O)N1CCC[C@H](c2[nH]ncc2S(C)(=O)=O)C1. The summed E-state index contributed by atoms with van der Waals surface area (Å²) in [6, 6.07) is 0. The molecule has 2 rings (SSSR count). The summed E-state index contributed by atoms with van der Waals surface area (Å²) < 4.78 is 29.0. The molecule has 0 radical (unpaired) electrons. The van der Waals surface area contributed by atoms with Crippen molar-refractivity contribution in [2.75, 3.05) is 19.3 Å². The molecule has 1 atom stereocenters. The smallest absolute Gasteiger partial charge is 0.410 e. The summed E-state index contributed by atoms with van der Waals surface area (Å²) >= 11 is 0. The van der Waals surface area contributed by atoms with Crippen molar-refractivity contribution in [3.8, 4) is 0 Å². The van der Waals surface area contributed by atoms with Crippen LogP contribution in [0, 0.1) is 0 Å². The van der Waals surface area contributed by atoms with Gasteiger partial charge in [0.05, 0.1) is 11.9 Å². The van der Waals surface area contributed by atoms with Crippen molar-refractivity contribution in [1.29, 1.82) is 0 Å². The second-order valence-corrected chi connectivity index (χ2v) is 8.67. The van der Waals surface area contributed by atoms with Crippen LogP contribution in [0.2, 0.25) is 0 Å². The van der Waals surface area contributed by atoms with Crippen molar-refractivity contribution in [2.45, 2.75) is 50.0 Å². The number of carbonyl (C=O) groups is 1. The number of nitrogens with one attached hydrogen (secondary N) is 1. The number of sulfone groups is 1. The molecule has 1 aliphatic rings. The molecule has 1 N–H and O–H groups in total. The van der Waals surface area contributed by atoms with E-state index in [2.05, 4.69) is 10.2 Å². The number of rotatable bonds is 2. The van der Waals surface area contributed by atoms with Gasteiger partial charge in [-0.2, -0.15) is 5.10 Å². The van der Waals surface area contributed by atoms with Crippen LogP contribution in [0.3, 0.4) is 0 Å². The maximum Gasteiger partial charge on any atom is 0.410 e. The quantitative estimate of drug-likeness (QED) is 0.895. The molecule has 1 aromatic heterocycles. The maximum absolute atomic E-state index is 12.2. The summed E-state index contributed by atoms with van der Waals surface area (Å²) in [5.41, 5.74) is 0.0337. The van der Waals surface area contributed by atoms with Gasteiger partial charge in [0, 0.05) is 25.3 Å². The second kappa shape index (κ2) is 5.91. The van der Waals surface area contributed by atoms with Crippen LogP contribution in [0.15, 0.2) is 11.1 Å². The lowest BCUT2D eigenvalue weighted by Crippen LogP contribution is -2.42. The van der Waals surface area contributed by atoms with Crippen LogP contribution < -0.4 is 0 Å². The summed E-state index contributed by atoms with van der Waals surface area (Å²) in [6.07, 6.45) is 3.74. The van der Waals surface area contributed by atoms with Crippen LogP contribution in [0.25, 0.3) is 0 Å². The first kappa shape index (κ1) is 16.8. The van der Waals surface area contributed by atoms with Gasteiger partial charge in [0.1, 0.15) is 10.5 Å². The van der Waals surface area contributed by atoms with E-state index >= 15 is 0 Å². The summed E-state index contributed by atoms with van der Waals surface area (Å²) in [7, 11) is -3.33. The molecule has 8 heteroatoms. The molecule has 1 fully saturated rings. The van der Waals surface area contributed by atoms with Gasteiger partial charge >= 0.3 is 6.09 Å². The van der Waals surface area contributed by atoms with Gasteiger partial charge in [-0.3, -0.25) is 5.10 Å². The zero-order valence-corrected chi connectivity index (χ0v) is 14.2. The molecule has 1 amide bonds. The minimum atomic E-state index is -3.33. The highest BCUT2D eigenvalue weighted by atomic mass is 32.2. The standard InChI is InChI=1S/C14H23N3O4S/c1-14(2,3)21-13(18)17-7-5-6-10(9-17)12-11(8-15-16-12)22(4,19)20/h8,10H,5-7,9H2,1-4H3,(H,15,16)/t10-/m0/s1. The Morgan fingerprint density at radius 2 is 2.14 bits per heavy atom. The highest BCUT2D eigenvalue weighted by Crippen LogP contribution is 2.30. The predicted octanol–water partition coefficient (Wildman–Crippen LogP) is 1.93. The van der Waals surface area contributed by atoms with Crippen LogP contribution in [0.1, 0.15) is 45.2 Å². The Hall–Kier alpha value is -1.57. The number of likely N-dealkylation sites (tertiary alicyclic amines) is 1. The van der Waals surface area contributed by atoms with Crippen LogP contribution in [-0.2, 0) is 14.6 Å². The highest BCUT2D eigenvalue weighted by Gasteiger charge is 2.31. The molecule has 0 aliphatic carbocycles. The minimum absolute atomic E-state index is 0.0755. The average Bonchev–Trinajstić information content (AvgIpc) is 2.86. The van der Waals surface area contributed by atoms with Gasteiger partial charge in [0.2, 0.25) is 0 Å². The summed E-state index contributed by atoms with van der Waals surface area (Å²) in [5.74, 6) is -0.0755. The Morgan fingerprint density at radius 1 is 1.45 bits per heavy atom. The molecule has 22 heavy (non-hydrogen) atoms. The molecule has 7 nitrogen and oxygen atoms in total. The first-order valence-electron chi connectivity index (χ1n) is 7.29. The Bertz CT molecular complexity index is 645. The molecule has 0 bridgehead atoms. The molecule has 0 saturated carbocycles. The van der Waals surface area contributed by atoms with Gasteiger partial charge in [-0.25, -0.2) is 13.2 Å². The highest BCUT2D eigenvalue weighted by molar-refractivity contribution is 7.90. The van der Waals surface area contributed by atoms with E-state index in [1.165, 1.54) is 6.20 Å². The maximum atomic E-state index is 12.2. The van der Waals surface area contributed by atoms with Crippen LogP contribution in [0.4, 0.5) is 4.79 Å².